The van der Waals surface area contributed by atoms with Gasteiger partial charge in [-0.25, -0.2) is 15.2 Å². The second-order valence-electron chi connectivity index (χ2n) is 3.79. The molecule has 0 aliphatic carbocycles. The molecule has 19 heavy (non-hydrogen) atoms. The lowest BCUT2D eigenvalue weighted by Gasteiger charge is -2.09. The van der Waals surface area contributed by atoms with Crippen LogP contribution in [0.25, 0.3) is 0 Å². The number of rotatable bonds is 3. The molecule has 1 aromatic carbocycles. The molecule has 0 aliphatic rings. The number of nitriles is 1. The normalized spacial score (nSPS) is 9.79. The van der Waals surface area contributed by atoms with E-state index in [9.17, 15) is 4.39 Å². The van der Waals surface area contributed by atoms with E-state index in [-0.39, 0.29) is 17.2 Å². The van der Waals surface area contributed by atoms with Crippen molar-refractivity contribution >= 4 is 17.5 Å². The predicted molar refractivity (Wildman–Crippen MR) is 69.0 cm³/mol. The van der Waals surface area contributed by atoms with Gasteiger partial charge in [-0.1, -0.05) is 0 Å². The van der Waals surface area contributed by atoms with E-state index in [4.69, 9.17) is 11.1 Å². The number of nitrogen functional groups attached to an aromatic ring is 1. The van der Waals surface area contributed by atoms with Crippen molar-refractivity contribution in [2.75, 3.05) is 10.7 Å². The summed E-state index contributed by atoms with van der Waals surface area (Å²) in [5, 5.41) is 11.5. The zero-order valence-electron chi connectivity index (χ0n) is 10.1. The van der Waals surface area contributed by atoms with E-state index in [0.29, 0.717) is 11.5 Å². The van der Waals surface area contributed by atoms with Crippen molar-refractivity contribution in [2.24, 2.45) is 5.84 Å². The Morgan fingerprint density at radius 2 is 2.11 bits per heavy atom. The Labute approximate surface area is 109 Å². The molecule has 7 heteroatoms. The molecule has 2 aromatic rings. The molecule has 0 atom stereocenters. The third kappa shape index (κ3) is 2.94. The number of nitrogens with zero attached hydrogens (tertiary/aromatic N) is 3. The zero-order valence-corrected chi connectivity index (χ0v) is 10.1. The number of hydrogen-bond donors (Lipinski definition) is 3. The Hall–Kier alpha value is -2.72. The molecule has 0 radical (unpaired) electrons. The predicted octanol–water partition coefficient (Wildman–Crippen LogP) is 1.82. The summed E-state index contributed by atoms with van der Waals surface area (Å²) in [6.07, 6.45) is 0. The van der Waals surface area contributed by atoms with Crippen molar-refractivity contribution in [3.63, 3.8) is 0 Å². The van der Waals surface area contributed by atoms with Crippen molar-refractivity contribution in [3.8, 4) is 6.07 Å². The van der Waals surface area contributed by atoms with Gasteiger partial charge in [-0.05, 0) is 25.1 Å². The zero-order chi connectivity index (χ0) is 13.8. The smallest absolute Gasteiger partial charge is 0.239 e. The molecule has 0 amide bonds. The van der Waals surface area contributed by atoms with Gasteiger partial charge in [0.1, 0.15) is 11.6 Å². The average Bonchev–Trinajstić information content (AvgIpc) is 2.40. The van der Waals surface area contributed by atoms with Crippen LogP contribution in [0.1, 0.15) is 11.3 Å². The van der Waals surface area contributed by atoms with Crippen molar-refractivity contribution in [2.45, 2.75) is 6.92 Å². The van der Waals surface area contributed by atoms with E-state index in [0.717, 1.165) is 6.07 Å². The molecule has 2 rings (SSSR count). The van der Waals surface area contributed by atoms with E-state index in [2.05, 4.69) is 20.7 Å². The van der Waals surface area contributed by atoms with E-state index in [1.165, 1.54) is 12.1 Å². The van der Waals surface area contributed by atoms with Crippen molar-refractivity contribution in [1.29, 1.82) is 5.26 Å². The number of nitrogens with two attached hydrogens (primary N) is 1. The van der Waals surface area contributed by atoms with Gasteiger partial charge in [-0.15, -0.1) is 0 Å². The van der Waals surface area contributed by atoms with Gasteiger partial charge in [0, 0.05) is 11.8 Å². The third-order valence-electron chi connectivity index (χ3n) is 2.34. The molecule has 0 spiro atoms. The first-order valence-corrected chi connectivity index (χ1v) is 5.41. The average molecular weight is 258 g/mol. The fourth-order valence-corrected chi connectivity index (χ4v) is 1.52. The number of anilines is 3. The second-order valence-corrected chi connectivity index (χ2v) is 3.79. The van der Waals surface area contributed by atoms with Gasteiger partial charge in [-0.3, -0.25) is 5.43 Å². The number of hydrazine groups is 1. The summed E-state index contributed by atoms with van der Waals surface area (Å²) in [5.41, 5.74) is 3.49. The van der Waals surface area contributed by atoms with Crippen LogP contribution in [0.15, 0.2) is 24.3 Å². The molecule has 4 N–H and O–H groups in total. The highest BCUT2D eigenvalue weighted by atomic mass is 19.1. The summed E-state index contributed by atoms with van der Waals surface area (Å²) in [6, 6.07) is 7.66. The lowest BCUT2D eigenvalue weighted by atomic mass is 10.2. The summed E-state index contributed by atoms with van der Waals surface area (Å²) in [6.45, 7) is 1.77. The topological polar surface area (TPSA) is 99.7 Å². The van der Waals surface area contributed by atoms with Gasteiger partial charge in [0.25, 0.3) is 0 Å². The molecule has 0 saturated heterocycles. The van der Waals surface area contributed by atoms with Crippen LogP contribution in [0, 0.1) is 24.1 Å². The number of nitrogens with one attached hydrogen (secondary N) is 2. The lowest BCUT2D eigenvalue weighted by molar-refractivity contribution is 0.631. The van der Waals surface area contributed by atoms with Crippen molar-refractivity contribution in [1.82, 2.24) is 9.97 Å². The van der Waals surface area contributed by atoms with E-state index in [1.54, 1.807) is 13.0 Å². The first-order valence-electron chi connectivity index (χ1n) is 5.41. The number of benzene rings is 1. The molecule has 6 nitrogen and oxygen atoms in total. The Morgan fingerprint density at radius 3 is 2.74 bits per heavy atom. The lowest BCUT2D eigenvalue weighted by Crippen LogP contribution is -2.12. The van der Waals surface area contributed by atoms with Crippen LogP contribution in [0.5, 0.6) is 0 Å². The summed E-state index contributed by atoms with van der Waals surface area (Å²) in [5.74, 6) is 5.35. The van der Waals surface area contributed by atoms with Gasteiger partial charge in [0.2, 0.25) is 5.95 Å². The molecular formula is C12H11FN6. The van der Waals surface area contributed by atoms with Crippen LogP contribution in [-0.2, 0) is 0 Å². The van der Waals surface area contributed by atoms with Gasteiger partial charge >= 0.3 is 0 Å². The summed E-state index contributed by atoms with van der Waals surface area (Å²) < 4.78 is 13.7. The van der Waals surface area contributed by atoms with Crippen LogP contribution in [0.2, 0.25) is 0 Å². The summed E-state index contributed by atoms with van der Waals surface area (Å²) in [4.78, 5) is 8.06. The maximum atomic E-state index is 13.7. The van der Waals surface area contributed by atoms with Gasteiger partial charge < -0.3 is 5.32 Å². The first kappa shape index (κ1) is 12.7. The Bertz CT molecular complexity index is 649. The van der Waals surface area contributed by atoms with Crippen LogP contribution >= 0.6 is 0 Å². The number of halogens is 1. The van der Waals surface area contributed by atoms with Gasteiger partial charge in [-0.2, -0.15) is 10.2 Å². The van der Waals surface area contributed by atoms with Gasteiger partial charge in [0.05, 0.1) is 17.3 Å². The fraction of sp³-hybridized carbons (Fsp3) is 0.0833. The number of aryl methyl sites for hydroxylation is 1. The molecule has 0 fully saturated rings. The van der Waals surface area contributed by atoms with Crippen LogP contribution in [0.3, 0.4) is 0 Å². The van der Waals surface area contributed by atoms with Crippen molar-refractivity contribution in [3.05, 3.63) is 41.3 Å². The standard InChI is InChI=1S/C12H11FN6/c1-7-4-11(18-12(16-7)19-15)17-10-3-2-8(6-14)5-9(10)13/h2-5H,15H2,1H3,(H2,16,17,18,19). The second kappa shape index (κ2) is 5.29. The molecule has 0 saturated carbocycles. The molecule has 1 heterocycles. The first-order chi connectivity index (χ1) is 9.12. The molecule has 0 bridgehead atoms. The van der Waals surface area contributed by atoms with E-state index in [1.807, 2.05) is 6.07 Å². The monoisotopic (exact) mass is 258 g/mol. The highest BCUT2D eigenvalue weighted by Crippen LogP contribution is 2.20. The van der Waals surface area contributed by atoms with Crippen LogP contribution < -0.4 is 16.6 Å². The van der Waals surface area contributed by atoms with Gasteiger partial charge in [0.15, 0.2) is 0 Å². The summed E-state index contributed by atoms with van der Waals surface area (Å²) >= 11 is 0. The number of aromatic nitrogens is 2. The van der Waals surface area contributed by atoms with Crippen molar-refractivity contribution < 1.29 is 4.39 Å². The largest absolute Gasteiger partial charge is 0.338 e. The van der Waals surface area contributed by atoms with Crippen LogP contribution in [-0.4, -0.2) is 9.97 Å². The highest BCUT2D eigenvalue weighted by Gasteiger charge is 2.06. The molecule has 96 valence electrons. The minimum absolute atomic E-state index is 0.222. The fourth-order valence-electron chi connectivity index (χ4n) is 1.52. The molecule has 1 aromatic heterocycles. The minimum Gasteiger partial charge on any atom is -0.338 e. The highest BCUT2D eigenvalue weighted by molar-refractivity contribution is 5.59. The summed E-state index contributed by atoms with van der Waals surface area (Å²) in [7, 11) is 0. The van der Waals surface area contributed by atoms with E-state index >= 15 is 0 Å². The maximum Gasteiger partial charge on any atom is 0.239 e. The minimum atomic E-state index is -0.530. The van der Waals surface area contributed by atoms with E-state index < -0.39 is 5.82 Å². The Kier molecular flexibility index (Phi) is 3.54. The molecule has 0 aliphatic heterocycles. The Morgan fingerprint density at radius 1 is 1.32 bits per heavy atom. The third-order valence-corrected chi connectivity index (χ3v) is 2.34. The molecular weight excluding hydrogens is 247 g/mol. The molecule has 0 unspecified atom stereocenters. The van der Waals surface area contributed by atoms with Crippen LogP contribution in [0.4, 0.5) is 21.8 Å². The quantitative estimate of drug-likeness (QED) is 0.573. The SMILES string of the molecule is Cc1cc(Nc2ccc(C#N)cc2F)nc(NN)n1. The number of hydrogen-bond acceptors (Lipinski definition) is 6. The maximum absolute atomic E-state index is 13.7. The Balaban J connectivity index is 2.31.